The highest BCUT2D eigenvalue weighted by Gasteiger charge is 2.20. The van der Waals surface area contributed by atoms with Crippen molar-refractivity contribution in [1.29, 1.82) is 0 Å². The van der Waals surface area contributed by atoms with Crippen LogP contribution in [0.5, 0.6) is 5.75 Å². The number of nitrogens with one attached hydrogen (secondary N) is 2. The van der Waals surface area contributed by atoms with Gasteiger partial charge in [-0.25, -0.2) is 12.8 Å². The Labute approximate surface area is 163 Å². The minimum absolute atomic E-state index is 0.0839. The van der Waals surface area contributed by atoms with E-state index in [9.17, 15) is 17.6 Å². The fourth-order valence-corrected chi connectivity index (χ4v) is 4.02. The van der Waals surface area contributed by atoms with Crippen LogP contribution in [0.15, 0.2) is 59.5 Å². The third kappa shape index (κ3) is 4.69. The molecule has 0 aromatic heterocycles. The van der Waals surface area contributed by atoms with Gasteiger partial charge in [0.15, 0.2) is 0 Å². The third-order valence-corrected chi connectivity index (χ3v) is 5.86. The molecule has 0 heterocycles. The number of hydrogen-bond acceptors (Lipinski definition) is 4. The summed E-state index contributed by atoms with van der Waals surface area (Å²) in [6.07, 6.45) is 6.38. The van der Waals surface area contributed by atoms with Crippen LogP contribution >= 0.6 is 0 Å². The fraction of sp³-hybridized carbons (Fsp3) is 0.250. The molecule has 0 saturated carbocycles. The van der Waals surface area contributed by atoms with Crippen LogP contribution in [0.25, 0.3) is 0 Å². The molecule has 1 unspecified atom stereocenters. The average molecular weight is 404 g/mol. The van der Waals surface area contributed by atoms with Gasteiger partial charge >= 0.3 is 0 Å². The van der Waals surface area contributed by atoms with Gasteiger partial charge in [0, 0.05) is 11.6 Å². The number of hydrogen-bond donors (Lipinski definition) is 2. The van der Waals surface area contributed by atoms with Crippen molar-refractivity contribution < 1.29 is 22.3 Å². The molecule has 0 radical (unpaired) electrons. The molecule has 0 bridgehead atoms. The van der Waals surface area contributed by atoms with E-state index >= 15 is 0 Å². The van der Waals surface area contributed by atoms with E-state index in [1.165, 1.54) is 25.3 Å². The lowest BCUT2D eigenvalue weighted by Crippen LogP contribution is -2.23. The Morgan fingerprint density at radius 1 is 1.14 bits per heavy atom. The van der Waals surface area contributed by atoms with Crippen molar-refractivity contribution in [3.05, 3.63) is 60.4 Å². The van der Waals surface area contributed by atoms with E-state index < -0.39 is 15.8 Å². The van der Waals surface area contributed by atoms with Crippen LogP contribution < -0.4 is 14.8 Å². The summed E-state index contributed by atoms with van der Waals surface area (Å²) < 4.78 is 45.9. The van der Waals surface area contributed by atoms with Crippen molar-refractivity contribution in [2.75, 3.05) is 17.1 Å². The number of allylic oxidation sites excluding steroid dienone is 2. The van der Waals surface area contributed by atoms with Crippen LogP contribution in [0.4, 0.5) is 15.8 Å². The SMILES string of the molecule is COc1ccc(NC(=O)C2CC=CCC2)cc1NS(=O)(=O)c1ccc(F)cc1. The maximum atomic E-state index is 13.1. The second-order valence-corrected chi connectivity index (χ2v) is 8.13. The number of benzene rings is 2. The molecule has 2 aromatic rings. The average Bonchev–Trinajstić information content (AvgIpc) is 2.69. The standard InChI is InChI=1S/C20H21FN2O4S/c1-27-19-12-9-16(22-20(24)14-5-3-2-4-6-14)13-18(19)23-28(25,26)17-10-7-15(21)8-11-17/h2-3,7-14,23H,4-6H2,1H3,(H,22,24). The van der Waals surface area contributed by atoms with Gasteiger partial charge in [-0.05, 0) is 61.7 Å². The Bertz CT molecular complexity index is 988. The van der Waals surface area contributed by atoms with Gasteiger partial charge in [0.1, 0.15) is 11.6 Å². The minimum atomic E-state index is -3.95. The summed E-state index contributed by atoms with van der Waals surface area (Å²) in [6, 6.07) is 9.20. The molecule has 0 spiro atoms. The topological polar surface area (TPSA) is 84.5 Å². The van der Waals surface area contributed by atoms with E-state index in [2.05, 4.69) is 16.1 Å². The number of sulfonamides is 1. The lowest BCUT2D eigenvalue weighted by molar-refractivity contribution is -0.120. The van der Waals surface area contributed by atoms with Crippen molar-refractivity contribution in [1.82, 2.24) is 0 Å². The molecule has 28 heavy (non-hydrogen) atoms. The summed E-state index contributed by atoms with van der Waals surface area (Å²) in [5.41, 5.74) is 0.630. The van der Waals surface area contributed by atoms with E-state index in [-0.39, 0.29) is 22.4 Å². The third-order valence-electron chi connectivity index (χ3n) is 4.48. The Kier molecular flexibility index (Phi) is 5.99. The van der Waals surface area contributed by atoms with E-state index in [1.807, 2.05) is 6.08 Å². The van der Waals surface area contributed by atoms with E-state index in [0.29, 0.717) is 17.9 Å². The Hall–Kier alpha value is -2.87. The molecule has 6 nitrogen and oxygen atoms in total. The highest BCUT2D eigenvalue weighted by Crippen LogP contribution is 2.31. The van der Waals surface area contributed by atoms with Gasteiger partial charge in [-0.2, -0.15) is 0 Å². The first-order valence-electron chi connectivity index (χ1n) is 8.81. The van der Waals surface area contributed by atoms with Crippen molar-refractivity contribution in [2.24, 2.45) is 5.92 Å². The second kappa shape index (κ2) is 8.43. The van der Waals surface area contributed by atoms with Crippen molar-refractivity contribution in [3.8, 4) is 5.75 Å². The van der Waals surface area contributed by atoms with Gasteiger partial charge in [0.2, 0.25) is 5.91 Å². The zero-order valence-corrected chi connectivity index (χ0v) is 16.1. The number of carbonyl (C=O) groups excluding carboxylic acids is 1. The molecular formula is C20H21FN2O4S. The van der Waals surface area contributed by atoms with Gasteiger partial charge < -0.3 is 10.1 Å². The largest absolute Gasteiger partial charge is 0.495 e. The van der Waals surface area contributed by atoms with E-state index in [1.54, 1.807) is 12.1 Å². The van der Waals surface area contributed by atoms with Gasteiger partial charge in [0.05, 0.1) is 17.7 Å². The number of carbonyl (C=O) groups is 1. The number of halogens is 1. The summed E-state index contributed by atoms with van der Waals surface area (Å²) in [5, 5.41) is 2.82. The summed E-state index contributed by atoms with van der Waals surface area (Å²) in [5.74, 6) is -0.448. The van der Waals surface area contributed by atoms with Crippen molar-refractivity contribution >= 4 is 27.3 Å². The Balaban J connectivity index is 1.81. The molecule has 1 aliphatic carbocycles. The van der Waals surface area contributed by atoms with Crippen molar-refractivity contribution in [3.63, 3.8) is 0 Å². The smallest absolute Gasteiger partial charge is 0.262 e. The molecule has 1 atom stereocenters. The first-order valence-corrected chi connectivity index (χ1v) is 10.3. The monoisotopic (exact) mass is 404 g/mol. The molecule has 148 valence electrons. The highest BCUT2D eigenvalue weighted by atomic mass is 32.2. The van der Waals surface area contributed by atoms with Gasteiger partial charge in [-0.3, -0.25) is 9.52 Å². The normalized spacial score (nSPS) is 16.4. The molecule has 2 N–H and O–H groups in total. The summed E-state index contributed by atoms with van der Waals surface area (Å²) >= 11 is 0. The maximum absolute atomic E-state index is 13.1. The van der Waals surface area contributed by atoms with Gasteiger partial charge in [-0.15, -0.1) is 0 Å². The lowest BCUT2D eigenvalue weighted by Gasteiger charge is -2.18. The van der Waals surface area contributed by atoms with Crippen LogP contribution in [0.3, 0.4) is 0 Å². The Morgan fingerprint density at radius 3 is 2.54 bits per heavy atom. The molecule has 1 aliphatic rings. The highest BCUT2D eigenvalue weighted by molar-refractivity contribution is 7.92. The molecule has 0 saturated heterocycles. The van der Waals surface area contributed by atoms with Crippen LogP contribution in [0, 0.1) is 11.7 Å². The number of methoxy groups -OCH3 is 1. The lowest BCUT2D eigenvalue weighted by atomic mass is 9.93. The number of ether oxygens (including phenoxy) is 1. The van der Waals surface area contributed by atoms with Crippen LogP contribution in [-0.2, 0) is 14.8 Å². The van der Waals surface area contributed by atoms with Gasteiger partial charge in [-0.1, -0.05) is 12.2 Å². The van der Waals surface area contributed by atoms with E-state index in [4.69, 9.17) is 4.74 Å². The van der Waals surface area contributed by atoms with Crippen LogP contribution in [-0.4, -0.2) is 21.4 Å². The summed E-state index contributed by atoms with van der Waals surface area (Å²) in [7, 11) is -2.53. The molecule has 8 heteroatoms. The first kappa shape index (κ1) is 19.9. The quantitative estimate of drug-likeness (QED) is 0.715. The minimum Gasteiger partial charge on any atom is -0.495 e. The van der Waals surface area contributed by atoms with Crippen molar-refractivity contribution in [2.45, 2.75) is 24.2 Å². The molecule has 0 aliphatic heterocycles. The van der Waals surface area contributed by atoms with Crippen LogP contribution in [0.2, 0.25) is 0 Å². The fourth-order valence-electron chi connectivity index (χ4n) is 2.96. The number of anilines is 2. The zero-order valence-electron chi connectivity index (χ0n) is 15.3. The number of rotatable bonds is 6. The zero-order chi connectivity index (χ0) is 20.1. The van der Waals surface area contributed by atoms with Gasteiger partial charge in [0.25, 0.3) is 10.0 Å². The Morgan fingerprint density at radius 2 is 1.89 bits per heavy atom. The second-order valence-electron chi connectivity index (χ2n) is 6.45. The maximum Gasteiger partial charge on any atom is 0.262 e. The molecule has 0 fully saturated rings. The summed E-state index contributed by atoms with van der Waals surface area (Å²) in [6.45, 7) is 0. The summed E-state index contributed by atoms with van der Waals surface area (Å²) in [4.78, 5) is 12.3. The predicted molar refractivity (Wildman–Crippen MR) is 105 cm³/mol. The molecule has 3 rings (SSSR count). The van der Waals surface area contributed by atoms with Crippen LogP contribution in [0.1, 0.15) is 19.3 Å². The molecular weight excluding hydrogens is 383 g/mol. The first-order chi connectivity index (χ1) is 13.4. The van der Waals surface area contributed by atoms with E-state index in [0.717, 1.165) is 25.0 Å². The molecule has 1 amide bonds. The predicted octanol–water partition coefficient (Wildman–Crippen LogP) is 3.93. The number of amides is 1. The molecule has 2 aromatic carbocycles.